The van der Waals surface area contributed by atoms with E-state index in [1.807, 2.05) is 6.92 Å². The molecule has 9 heteroatoms. The van der Waals surface area contributed by atoms with E-state index in [-0.39, 0.29) is 5.75 Å². The predicted octanol–water partition coefficient (Wildman–Crippen LogP) is 2.77. The molecule has 142 valence electrons. The highest BCUT2D eigenvalue weighted by Gasteiger charge is 2.28. The summed E-state index contributed by atoms with van der Waals surface area (Å²) in [6.07, 6.45) is 0.556. The van der Waals surface area contributed by atoms with Crippen LogP contribution in [0.1, 0.15) is 12.0 Å². The van der Waals surface area contributed by atoms with Gasteiger partial charge in [-0.3, -0.25) is 13.9 Å². The van der Waals surface area contributed by atoms with Crippen LogP contribution < -0.4 is 14.9 Å². The summed E-state index contributed by atoms with van der Waals surface area (Å²) in [6, 6.07) is 11.3. The van der Waals surface area contributed by atoms with Crippen molar-refractivity contribution in [1.82, 2.24) is 0 Å². The number of anilines is 3. The van der Waals surface area contributed by atoms with Crippen LogP contribution in [0.2, 0.25) is 5.02 Å². The Morgan fingerprint density at radius 2 is 1.70 bits per heavy atom. The van der Waals surface area contributed by atoms with Gasteiger partial charge in [0.2, 0.25) is 10.0 Å². The third-order valence-corrected chi connectivity index (χ3v) is 6.40. The minimum absolute atomic E-state index is 0.102. The number of amides is 2. The molecule has 27 heavy (non-hydrogen) atoms. The van der Waals surface area contributed by atoms with Crippen molar-refractivity contribution in [2.75, 3.05) is 27.2 Å². The SMILES string of the molecule is Cc1ccc(NC(=O)C(=O)Nc2cccc(N3CCCS3(=O)=O)c2)cc1Cl. The molecule has 2 aromatic carbocycles. The van der Waals surface area contributed by atoms with E-state index < -0.39 is 21.8 Å². The van der Waals surface area contributed by atoms with Crippen molar-refractivity contribution >= 4 is 50.5 Å². The lowest BCUT2D eigenvalue weighted by molar-refractivity contribution is -0.132. The fraction of sp³-hybridized carbons (Fsp3) is 0.222. The lowest BCUT2D eigenvalue weighted by Gasteiger charge is -2.17. The zero-order valence-electron chi connectivity index (χ0n) is 14.5. The summed E-state index contributed by atoms with van der Waals surface area (Å²) < 4.78 is 25.3. The summed E-state index contributed by atoms with van der Waals surface area (Å²) in [4.78, 5) is 24.2. The summed E-state index contributed by atoms with van der Waals surface area (Å²) in [5, 5.41) is 5.42. The summed E-state index contributed by atoms with van der Waals surface area (Å²) in [6.45, 7) is 2.22. The highest BCUT2D eigenvalue weighted by Crippen LogP contribution is 2.26. The largest absolute Gasteiger partial charge is 0.318 e. The second-order valence-electron chi connectivity index (χ2n) is 6.16. The molecule has 0 unspecified atom stereocenters. The molecule has 1 fully saturated rings. The predicted molar refractivity (Wildman–Crippen MR) is 106 cm³/mol. The number of carbonyl (C=O) groups is 2. The van der Waals surface area contributed by atoms with E-state index in [0.717, 1.165) is 5.56 Å². The molecule has 2 amide bonds. The second kappa shape index (κ2) is 7.58. The van der Waals surface area contributed by atoms with Gasteiger partial charge in [0.25, 0.3) is 0 Å². The minimum Gasteiger partial charge on any atom is -0.318 e. The maximum absolute atomic E-state index is 12.1. The summed E-state index contributed by atoms with van der Waals surface area (Å²) in [7, 11) is -3.32. The molecule has 0 bridgehead atoms. The normalized spacial score (nSPS) is 15.4. The van der Waals surface area contributed by atoms with Crippen LogP contribution >= 0.6 is 11.6 Å². The minimum atomic E-state index is -3.32. The lowest BCUT2D eigenvalue weighted by atomic mass is 10.2. The van der Waals surface area contributed by atoms with Crippen molar-refractivity contribution < 1.29 is 18.0 Å². The highest BCUT2D eigenvalue weighted by molar-refractivity contribution is 7.93. The Kier molecular flexibility index (Phi) is 5.38. The summed E-state index contributed by atoms with van der Waals surface area (Å²) in [5.41, 5.74) is 2.04. The van der Waals surface area contributed by atoms with E-state index >= 15 is 0 Å². The van der Waals surface area contributed by atoms with Crippen molar-refractivity contribution in [3.05, 3.63) is 53.1 Å². The van der Waals surface area contributed by atoms with Gasteiger partial charge in [-0.15, -0.1) is 0 Å². The fourth-order valence-corrected chi connectivity index (χ4v) is 4.45. The van der Waals surface area contributed by atoms with Crippen molar-refractivity contribution in [2.24, 2.45) is 0 Å². The molecule has 0 aliphatic carbocycles. The number of halogens is 1. The van der Waals surface area contributed by atoms with Crippen LogP contribution in [0.15, 0.2) is 42.5 Å². The van der Waals surface area contributed by atoms with Gasteiger partial charge in [0.15, 0.2) is 0 Å². The van der Waals surface area contributed by atoms with Crippen LogP contribution in [-0.4, -0.2) is 32.5 Å². The Morgan fingerprint density at radius 3 is 2.30 bits per heavy atom. The molecule has 0 saturated carbocycles. The first-order chi connectivity index (χ1) is 12.8. The van der Waals surface area contributed by atoms with Crippen molar-refractivity contribution in [1.29, 1.82) is 0 Å². The van der Waals surface area contributed by atoms with Crippen LogP contribution in [0.3, 0.4) is 0 Å². The standard InChI is InChI=1S/C18H18ClN3O4S/c1-12-6-7-14(11-16(12)19)21-18(24)17(23)20-13-4-2-5-15(10-13)22-8-3-9-27(22,25)26/h2,4-7,10-11H,3,8-9H2,1H3,(H,20,23)(H,21,24). The summed E-state index contributed by atoms with van der Waals surface area (Å²) >= 11 is 6.00. The van der Waals surface area contributed by atoms with Crippen molar-refractivity contribution in [3.8, 4) is 0 Å². The molecular weight excluding hydrogens is 390 g/mol. The molecule has 7 nitrogen and oxygen atoms in total. The van der Waals surface area contributed by atoms with E-state index in [2.05, 4.69) is 10.6 Å². The molecule has 3 rings (SSSR count). The van der Waals surface area contributed by atoms with Crippen molar-refractivity contribution in [2.45, 2.75) is 13.3 Å². The van der Waals surface area contributed by atoms with Gasteiger partial charge in [-0.05, 0) is 49.2 Å². The fourth-order valence-electron chi connectivity index (χ4n) is 2.71. The lowest BCUT2D eigenvalue weighted by Crippen LogP contribution is -2.29. The van der Waals surface area contributed by atoms with Gasteiger partial charge >= 0.3 is 11.8 Å². The van der Waals surface area contributed by atoms with Gasteiger partial charge in [-0.1, -0.05) is 23.7 Å². The van der Waals surface area contributed by atoms with E-state index in [1.165, 1.54) is 10.4 Å². The smallest absolute Gasteiger partial charge is 0.314 e. The molecule has 1 saturated heterocycles. The molecule has 0 aromatic heterocycles. The Hall–Kier alpha value is -2.58. The average Bonchev–Trinajstić information content (AvgIpc) is 2.97. The molecule has 0 spiro atoms. The Balaban J connectivity index is 1.69. The van der Waals surface area contributed by atoms with Gasteiger partial charge < -0.3 is 10.6 Å². The maximum Gasteiger partial charge on any atom is 0.314 e. The number of sulfonamides is 1. The number of hydrogen-bond acceptors (Lipinski definition) is 4. The quantitative estimate of drug-likeness (QED) is 0.764. The zero-order chi connectivity index (χ0) is 19.6. The van der Waals surface area contributed by atoms with Gasteiger partial charge in [0, 0.05) is 22.9 Å². The number of benzene rings is 2. The van der Waals surface area contributed by atoms with E-state index in [9.17, 15) is 18.0 Å². The maximum atomic E-state index is 12.1. The van der Waals surface area contributed by atoms with Crippen molar-refractivity contribution in [3.63, 3.8) is 0 Å². The Morgan fingerprint density at radius 1 is 1.04 bits per heavy atom. The van der Waals surface area contributed by atoms with Gasteiger partial charge in [0.05, 0.1) is 11.4 Å². The number of carbonyl (C=O) groups excluding carboxylic acids is 2. The molecule has 0 atom stereocenters. The Bertz CT molecular complexity index is 1010. The number of nitrogens with zero attached hydrogens (tertiary/aromatic N) is 1. The first-order valence-electron chi connectivity index (χ1n) is 8.25. The van der Waals surface area contributed by atoms with E-state index in [4.69, 9.17) is 11.6 Å². The summed E-state index contributed by atoms with van der Waals surface area (Å²) in [5.74, 6) is -1.62. The van der Waals surface area contributed by atoms with E-state index in [1.54, 1.807) is 36.4 Å². The molecule has 1 aliphatic rings. The number of nitrogens with one attached hydrogen (secondary N) is 2. The average molecular weight is 408 g/mol. The van der Waals surface area contributed by atoms with Gasteiger partial charge in [0.1, 0.15) is 0 Å². The van der Waals surface area contributed by atoms with Gasteiger partial charge in [-0.2, -0.15) is 0 Å². The number of rotatable bonds is 3. The van der Waals surface area contributed by atoms with Crippen LogP contribution in [0.4, 0.5) is 17.1 Å². The molecule has 2 N–H and O–H groups in total. The molecule has 1 heterocycles. The van der Waals surface area contributed by atoms with Gasteiger partial charge in [-0.25, -0.2) is 8.42 Å². The van der Waals surface area contributed by atoms with Crippen LogP contribution in [0, 0.1) is 6.92 Å². The molecule has 1 aliphatic heterocycles. The first kappa shape index (κ1) is 19.2. The second-order valence-corrected chi connectivity index (χ2v) is 8.58. The van der Waals surface area contributed by atoms with Crippen LogP contribution in [0.5, 0.6) is 0 Å². The first-order valence-corrected chi connectivity index (χ1v) is 10.2. The highest BCUT2D eigenvalue weighted by atomic mass is 35.5. The van der Waals surface area contributed by atoms with E-state index in [0.29, 0.717) is 35.1 Å². The molecule has 0 radical (unpaired) electrons. The third kappa shape index (κ3) is 4.40. The topological polar surface area (TPSA) is 95.6 Å². The van der Waals surface area contributed by atoms with Crippen LogP contribution in [-0.2, 0) is 19.6 Å². The number of aryl methyl sites for hydroxylation is 1. The Labute approximate surface area is 162 Å². The third-order valence-electron chi connectivity index (χ3n) is 4.13. The monoisotopic (exact) mass is 407 g/mol. The van der Waals surface area contributed by atoms with Crippen LogP contribution in [0.25, 0.3) is 0 Å². The zero-order valence-corrected chi connectivity index (χ0v) is 16.1. The number of hydrogen-bond donors (Lipinski definition) is 2. The molecular formula is C18H18ClN3O4S. The molecule has 2 aromatic rings.